The van der Waals surface area contributed by atoms with Crippen LogP contribution in [0, 0.1) is 5.41 Å². The van der Waals surface area contributed by atoms with Crippen molar-refractivity contribution in [2.45, 2.75) is 25.9 Å². The number of amidine groups is 1. The Kier molecular flexibility index (Phi) is 7.01. The molecule has 1 unspecified atom stereocenters. The number of nitrogens with two attached hydrogens (primary N) is 1. The van der Waals surface area contributed by atoms with Crippen molar-refractivity contribution >= 4 is 23.5 Å². The van der Waals surface area contributed by atoms with Crippen molar-refractivity contribution in [3.63, 3.8) is 0 Å². The van der Waals surface area contributed by atoms with E-state index < -0.39 is 11.9 Å². The van der Waals surface area contributed by atoms with Crippen molar-refractivity contribution in [3.05, 3.63) is 71.4 Å². The number of amides is 1. The summed E-state index contributed by atoms with van der Waals surface area (Å²) >= 11 is 0. The number of rotatable bonds is 7. The van der Waals surface area contributed by atoms with E-state index in [0.29, 0.717) is 12.5 Å². The number of hydrazine groups is 2. The second kappa shape index (κ2) is 10.3. The van der Waals surface area contributed by atoms with Crippen molar-refractivity contribution in [2.75, 3.05) is 23.4 Å². The van der Waals surface area contributed by atoms with E-state index >= 15 is 0 Å². The number of fused-ring (bicyclic) bond motifs is 1. The van der Waals surface area contributed by atoms with Gasteiger partial charge in [-0.25, -0.2) is 15.0 Å². The summed E-state index contributed by atoms with van der Waals surface area (Å²) in [4.78, 5) is 32.2. The summed E-state index contributed by atoms with van der Waals surface area (Å²) in [5.74, 6) is 5.95. The number of nitrogens with zero attached hydrogens (tertiary/aromatic N) is 6. The van der Waals surface area contributed by atoms with Gasteiger partial charge in [0, 0.05) is 31.7 Å². The minimum Gasteiger partial charge on any atom is -0.394 e. The quantitative estimate of drug-likeness (QED) is 0.144. The van der Waals surface area contributed by atoms with Gasteiger partial charge >= 0.3 is 0 Å². The highest BCUT2D eigenvalue weighted by atomic mass is 16.3. The molecule has 0 bridgehead atoms. The average molecular weight is 463 g/mol. The fraction of sp³-hybridized carbons (Fsp3) is 0.273. The number of aliphatic hydroxyl groups is 1. The Labute approximate surface area is 196 Å². The SMILES string of the molecule is CC(CO)N(NN)C(=N)c1cccc(NC(=O)c2cc3c(cn2)CCN(c2ncccn2)C3)n1. The smallest absolute Gasteiger partial charge is 0.275 e. The minimum absolute atomic E-state index is 0.0460. The van der Waals surface area contributed by atoms with Crippen molar-refractivity contribution < 1.29 is 9.90 Å². The Morgan fingerprint density at radius 3 is 2.76 bits per heavy atom. The van der Waals surface area contributed by atoms with Crippen LogP contribution in [0.3, 0.4) is 0 Å². The largest absolute Gasteiger partial charge is 0.394 e. The normalized spacial score (nSPS) is 13.7. The second-order valence-electron chi connectivity index (χ2n) is 7.80. The van der Waals surface area contributed by atoms with Crippen molar-refractivity contribution in [3.8, 4) is 0 Å². The first kappa shape index (κ1) is 23.2. The van der Waals surface area contributed by atoms with Gasteiger partial charge in [-0.2, -0.15) is 5.53 Å². The average Bonchev–Trinajstić information content (AvgIpc) is 2.88. The summed E-state index contributed by atoms with van der Waals surface area (Å²) in [6.45, 7) is 2.85. The minimum atomic E-state index is -0.446. The van der Waals surface area contributed by atoms with Gasteiger partial charge < -0.3 is 15.3 Å². The number of anilines is 2. The van der Waals surface area contributed by atoms with Gasteiger partial charge in [0.15, 0.2) is 5.84 Å². The van der Waals surface area contributed by atoms with Crippen LogP contribution in [0.15, 0.2) is 48.9 Å². The Hall–Kier alpha value is -4.00. The highest BCUT2D eigenvalue weighted by Crippen LogP contribution is 2.22. The fourth-order valence-electron chi connectivity index (χ4n) is 3.62. The summed E-state index contributed by atoms with van der Waals surface area (Å²) < 4.78 is 0. The van der Waals surface area contributed by atoms with E-state index in [0.717, 1.165) is 24.1 Å². The third-order valence-corrected chi connectivity index (χ3v) is 5.48. The highest BCUT2D eigenvalue weighted by molar-refractivity contribution is 6.03. The molecule has 3 aromatic heterocycles. The molecule has 0 saturated heterocycles. The molecule has 0 aliphatic carbocycles. The van der Waals surface area contributed by atoms with Crippen LogP contribution >= 0.6 is 0 Å². The first-order valence-electron chi connectivity index (χ1n) is 10.7. The molecule has 1 aliphatic heterocycles. The van der Waals surface area contributed by atoms with Crippen LogP contribution in [0.4, 0.5) is 11.8 Å². The Bertz CT molecular complexity index is 1170. The molecule has 1 aliphatic rings. The van der Waals surface area contributed by atoms with E-state index in [9.17, 15) is 9.90 Å². The maximum absolute atomic E-state index is 12.9. The zero-order valence-corrected chi connectivity index (χ0v) is 18.6. The molecule has 3 aromatic rings. The molecule has 4 rings (SSSR count). The van der Waals surface area contributed by atoms with E-state index in [2.05, 4.69) is 35.7 Å². The van der Waals surface area contributed by atoms with Crippen LogP contribution in [0.1, 0.15) is 34.2 Å². The van der Waals surface area contributed by atoms with Crippen LogP contribution in [0.25, 0.3) is 0 Å². The van der Waals surface area contributed by atoms with Crippen LogP contribution in [0.5, 0.6) is 0 Å². The number of carbonyl (C=O) groups excluding carboxylic acids is 1. The lowest BCUT2D eigenvalue weighted by Gasteiger charge is -2.28. The van der Waals surface area contributed by atoms with E-state index in [1.54, 1.807) is 55.8 Å². The van der Waals surface area contributed by atoms with Crippen molar-refractivity contribution in [1.29, 1.82) is 5.41 Å². The van der Waals surface area contributed by atoms with Gasteiger partial charge in [-0.15, -0.1) is 0 Å². The van der Waals surface area contributed by atoms with Gasteiger partial charge in [-0.05, 0) is 48.7 Å². The third-order valence-electron chi connectivity index (χ3n) is 5.48. The fourth-order valence-corrected chi connectivity index (χ4v) is 3.62. The molecule has 0 spiro atoms. The first-order valence-corrected chi connectivity index (χ1v) is 10.7. The summed E-state index contributed by atoms with van der Waals surface area (Å²) in [6, 6.07) is 8.01. The van der Waals surface area contributed by atoms with E-state index in [1.165, 1.54) is 5.01 Å². The van der Waals surface area contributed by atoms with Gasteiger partial charge in [-0.1, -0.05) is 6.07 Å². The Balaban J connectivity index is 1.49. The summed E-state index contributed by atoms with van der Waals surface area (Å²) in [6.07, 6.45) is 5.93. The lowest BCUT2D eigenvalue weighted by molar-refractivity contribution is 0.102. The molecular weight excluding hydrogens is 436 g/mol. The molecule has 176 valence electrons. The molecule has 12 nitrogen and oxygen atoms in total. The molecule has 0 saturated carbocycles. The monoisotopic (exact) mass is 462 g/mol. The van der Waals surface area contributed by atoms with E-state index in [1.807, 2.05) is 0 Å². The zero-order chi connectivity index (χ0) is 24.1. The molecule has 34 heavy (non-hydrogen) atoms. The maximum atomic E-state index is 12.9. The van der Waals surface area contributed by atoms with Crippen molar-refractivity contribution in [2.24, 2.45) is 5.84 Å². The molecule has 0 aromatic carbocycles. The highest BCUT2D eigenvalue weighted by Gasteiger charge is 2.22. The number of aliphatic hydroxyl groups excluding tert-OH is 1. The molecule has 0 radical (unpaired) electrons. The predicted molar refractivity (Wildman–Crippen MR) is 126 cm³/mol. The van der Waals surface area contributed by atoms with Crippen LogP contribution in [-0.2, 0) is 13.0 Å². The number of pyridine rings is 2. The summed E-state index contributed by atoms with van der Waals surface area (Å²) in [7, 11) is 0. The van der Waals surface area contributed by atoms with Gasteiger partial charge in [-0.3, -0.25) is 26.0 Å². The van der Waals surface area contributed by atoms with Gasteiger partial charge in [0.25, 0.3) is 5.91 Å². The maximum Gasteiger partial charge on any atom is 0.275 e. The molecule has 12 heteroatoms. The first-order chi connectivity index (χ1) is 16.5. The number of nitrogens with one attached hydrogen (secondary N) is 3. The second-order valence-corrected chi connectivity index (χ2v) is 7.80. The predicted octanol–water partition coefficient (Wildman–Crippen LogP) is 0.468. The Morgan fingerprint density at radius 1 is 1.24 bits per heavy atom. The number of carbonyl (C=O) groups is 1. The lowest BCUT2D eigenvalue weighted by Crippen LogP contribution is -2.53. The van der Waals surface area contributed by atoms with Gasteiger partial charge in [0.2, 0.25) is 5.95 Å². The van der Waals surface area contributed by atoms with E-state index in [4.69, 9.17) is 11.3 Å². The standard InChI is InChI=1S/C22H26N10O2/c1-14(13-33)32(30-24)20(23)17-4-2-5-19(28-17)29-21(34)18-10-16-12-31(9-6-15(16)11-27-18)22-25-7-3-8-26-22/h2-5,7-8,10-11,14,23,30,33H,6,9,12-13,24H2,1H3,(H,28,29,34). The van der Waals surface area contributed by atoms with Crippen LogP contribution in [0.2, 0.25) is 0 Å². The molecule has 1 amide bonds. The number of hydrogen-bond acceptors (Lipinski definition) is 10. The number of hydrogen-bond donors (Lipinski definition) is 5. The molecule has 1 atom stereocenters. The van der Waals surface area contributed by atoms with Gasteiger partial charge in [0.1, 0.15) is 17.2 Å². The zero-order valence-electron chi connectivity index (χ0n) is 18.6. The van der Waals surface area contributed by atoms with Gasteiger partial charge in [0.05, 0.1) is 12.6 Å². The van der Waals surface area contributed by atoms with Crippen LogP contribution < -0.4 is 21.6 Å². The number of aromatic nitrogens is 4. The molecule has 4 heterocycles. The molecule has 0 fully saturated rings. The Morgan fingerprint density at radius 2 is 2.03 bits per heavy atom. The molecule has 6 N–H and O–H groups in total. The summed E-state index contributed by atoms with van der Waals surface area (Å²) in [5.41, 5.74) is 4.99. The topological polar surface area (TPSA) is 169 Å². The summed E-state index contributed by atoms with van der Waals surface area (Å²) in [5, 5.41) is 21.7. The van der Waals surface area contributed by atoms with Crippen molar-refractivity contribution in [1.82, 2.24) is 30.5 Å². The lowest BCUT2D eigenvalue weighted by atomic mass is 10.0. The third kappa shape index (κ3) is 4.98. The molecular formula is C22H26N10O2. The van der Waals surface area contributed by atoms with E-state index in [-0.39, 0.29) is 29.6 Å². The van der Waals surface area contributed by atoms with Crippen LogP contribution in [-0.4, -0.2) is 61.0 Å².